The van der Waals surface area contributed by atoms with E-state index in [0.29, 0.717) is 5.92 Å². The number of rotatable bonds is 1. The van der Waals surface area contributed by atoms with Crippen molar-refractivity contribution in [3.63, 3.8) is 0 Å². The molecule has 78 valence electrons. The SMILES string of the molecule is c1nc(C2CCCNC2)c2[nH]cnc2n1. The first-order valence-electron chi connectivity index (χ1n) is 5.30. The van der Waals surface area contributed by atoms with Crippen molar-refractivity contribution in [3.8, 4) is 0 Å². The van der Waals surface area contributed by atoms with Gasteiger partial charge in [0.2, 0.25) is 0 Å². The molecule has 1 atom stereocenters. The molecule has 5 heteroatoms. The second kappa shape index (κ2) is 3.58. The molecule has 1 saturated heterocycles. The van der Waals surface area contributed by atoms with Crippen molar-refractivity contribution < 1.29 is 0 Å². The number of nitrogens with one attached hydrogen (secondary N) is 2. The number of imidazole rings is 1. The Hall–Kier alpha value is -1.49. The molecule has 1 unspecified atom stereocenters. The number of H-pyrrole nitrogens is 1. The van der Waals surface area contributed by atoms with E-state index in [2.05, 4.69) is 25.3 Å². The van der Waals surface area contributed by atoms with Gasteiger partial charge in [-0.3, -0.25) is 0 Å². The Morgan fingerprint density at radius 2 is 2.27 bits per heavy atom. The fourth-order valence-corrected chi connectivity index (χ4v) is 2.18. The van der Waals surface area contributed by atoms with Gasteiger partial charge in [-0.1, -0.05) is 0 Å². The number of hydrogen-bond donors (Lipinski definition) is 2. The lowest BCUT2D eigenvalue weighted by molar-refractivity contribution is 0.456. The number of nitrogens with zero attached hydrogens (tertiary/aromatic N) is 3. The van der Waals surface area contributed by atoms with Crippen LogP contribution in [0, 0.1) is 0 Å². The van der Waals surface area contributed by atoms with E-state index in [-0.39, 0.29) is 0 Å². The third-order valence-electron chi connectivity index (χ3n) is 2.94. The van der Waals surface area contributed by atoms with Gasteiger partial charge in [-0.05, 0) is 19.4 Å². The standard InChI is InChI=1S/C10H13N5/c1-2-7(4-11-3-1)8-9-10(14-5-12-8)15-6-13-9/h5-7,11H,1-4H2,(H,12,13,14,15). The topological polar surface area (TPSA) is 66.5 Å². The summed E-state index contributed by atoms with van der Waals surface area (Å²) in [5, 5.41) is 3.40. The highest BCUT2D eigenvalue weighted by molar-refractivity contribution is 5.72. The molecule has 15 heavy (non-hydrogen) atoms. The quantitative estimate of drug-likeness (QED) is 0.720. The molecule has 3 heterocycles. The second-order valence-corrected chi connectivity index (χ2v) is 3.90. The molecule has 3 rings (SSSR count). The van der Waals surface area contributed by atoms with Gasteiger partial charge in [0.15, 0.2) is 5.65 Å². The molecule has 1 aliphatic heterocycles. The van der Waals surface area contributed by atoms with Gasteiger partial charge < -0.3 is 10.3 Å². The maximum absolute atomic E-state index is 4.38. The predicted octanol–water partition coefficient (Wildman–Crippen LogP) is 0.820. The molecule has 0 saturated carbocycles. The van der Waals surface area contributed by atoms with Crippen LogP contribution in [0.5, 0.6) is 0 Å². The van der Waals surface area contributed by atoms with Gasteiger partial charge in [-0.2, -0.15) is 0 Å². The van der Waals surface area contributed by atoms with E-state index in [1.54, 1.807) is 12.7 Å². The zero-order chi connectivity index (χ0) is 10.1. The smallest absolute Gasteiger partial charge is 0.180 e. The molecule has 0 aromatic carbocycles. The van der Waals surface area contributed by atoms with E-state index >= 15 is 0 Å². The Balaban J connectivity index is 2.05. The van der Waals surface area contributed by atoms with Gasteiger partial charge in [-0.15, -0.1) is 0 Å². The highest BCUT2D eigenvalue weighted by atomic mass is 15.0. The van der Waals surface area contributed by atoms with Gasteiger partial charge in [0.1, 0.15) is 11.8 Å². The van der Waals surface area contributed by atoms with Crippen LogP contribution in [0.3, 0.4) is 0 Å². The molecule has 0 amide bonds. The minimum atomic E-state index is 0.490. The molecule has 0 aliphatic carbocycles. The lowest BCUT2D eigenvalue weighted by Crippen LogP contribution is -2.29. The summed E-state index contributed by atoms with van der Waals surface area (Å²) in [6.45, 7) is 2.12. The summed E-state index contributed by atoms with van der Waals surface area (Å²) >= 11 is 0. The minimum Gasteiger partial charge on any atom is -0.342 e. The summed E-state index contributed by atoms with van der Waals surface area (Å²) in [7, 11) is 0. The molecule has 2 N–H and O–H groups in total. The van der Waals surface area contributed by atoms with Crippen LogP contribution in [0.4, 0.5) is 0 Å². The molecule has 1 aliphatic rings. The summed E-state index contributed by atoms with van der Waals surface area (Å²) in [6, 6.07) is 0. The second-order valence-electron chi connectivity index (χ2n) is 3.90. The van der Waals surface area contributed by atoms with Gasteiger partial charge in [0.25, 0.3) is 0 Å². The van der Waals surface area contributed by atoms with Crippen molar-refractivity contribution in [2.45, 2.75) is 18.8 Å². The third-order valence-corrected chi connectivity index (χ3v) is 2.94. The highest BCUT2D eigenvalue weighted by Gasteiger charge is 2.19. The fourth-order valence-electron chi connectivity index (χ4n) is 2.18. The highest BCUT2D eigenvalue weighted by Crippen LogP contribution is 2.25. The van der Waals surface area contributed by atoms with E-state index in [9.17, 15) is 0 Å². The molecule has 5 nitrogen and oxygen atoms in total. The van der Waals surface area contributed by atoms with E-state index in [1.807, 2.05) is 0 Å². The first kappa shape index (κ1) is 8.79. The maximum atomic E-state index is 4.38. The average Bonchev–Trinajstić information content (AvgIpc) is 2.78. The Bertz CT molecular complexity index is 458. The summed E-state index contributed by atoms with van der Waals surface area (Å²) in [4.78, 5) is 15.8. The van der Waals surface area contributed by atoms with E-state index in [0.717, 1.165) is 29.9 Å². The predicted molar refractivity (Wildman–Crippen MR) is 56.5 cm³/mol. The zero-order valence-corrected chi connectivity index (χ0v) is 8.40. The Morgan fingerprint density at radius 1 is 1.27 bits per heavy atom. The number of hydrogen-bond acceptors (Lipinski definition) is 4. The molecule has 0 spiro atoms. The van der Waals surface area contributed by atoms with Crippen molar-refractivity contribution in [1.82, 2.24) is 25.3 Å². The first-order chi connectivity index (χ1) is 7.45. The fraction of sp³-hybridized carbons (Fsp3) is 0.500. The largest absolute Gasteiger partial charge is 0.342 e. The molecule has 2 aromatic rings. The van der Waals surface area contributed by atoms with Gasteiger partial charge in [0, 0.05) is 12.5 Å². The molecule has 1 fully saturated rings. The summed E-state index contributed by atoms with van der Waals surface area (Å²) < 4.78 is 0. The molecule has 2 aromatic heterocycles. The molecular formula is C10H13N5. The van der Waals surface area contributed by atoms with Gasteiger partial charge in [-0.25, -0.2) is 15.0 Å². The van der Waals surface area contributed by atoms with Crippen LogP contribution in [-0.4, -0.2) is 33.0 Å². The first-order valence-corrected chi connectivity index (χ1v) is 5.30. The Kier molecular flexibility index (Phi) is 2.10. The van der Waals surface area contributed by atoms with E-state index in [4.69, 9.17) is 0 Å². The average molecular weight is 203 g/mol. The van der Waals surface area contributed by atoms with Crippen LogP contribution in [0.15, 0.2) is 12.7 Å². The summed E-state index contributed by atoms with van der Waals surface area (Å²) in [6.07, 6.45) is 5.69. The summed E-state index contributed by atoms with van der Waals surface area (Å²) in [5.74, 6) is 0.490. The Morgan fingerprint density at radius 3 is 3.13 bits per heavy atom. The van der Waals surface area contributed by atoms with Gasteiger partial charge in [0.05, 0.1) is 12.0 Å². The molecule has 0 radical (unpaired) electrons. The van der Waals surface area contributed by atoms with Crippen LogP contribution in [0.1, 0.15) is 24.5 Å². The molecular weight excluding hydrogens is 190 g/mol. The van der Waals surface area contributed by atoms with Gasteiger partial charge >= 0.3 is 0 Å². The van der Waals surface area contributed by atoms with Crippen LogP contribution in [0.2, 0.25) is 0 Å². The van der Waals surface area contributed by atoms with Crippen molar-refractivity contribution in [2.75, 3.05) is 13.1 Å². The number of aromatic amines is 1. The molecule has 0 bridgehead atoms. The van der Waals surface area contributed by atoms with Crippen molar-refractivity contribution in [3.05, 3.63) is 18.3 Å². The number of piperidine rings is 1. The normalized spacial score (nSPS) is 22.0. The zero-order valence-electron chi connectivity index (χ0n) is 8.40. The lowest BCUT2D eigenvalue weighted by atomic mass is 9.95. The van der Waals surface area contributed by atoms with E-state index < -0.39 is 0 Å². The lowest BCUT2D eigenvalue weighted by Gasteiger charge is -2.22. The number of fused-ring (bicyclic) bond motifs is 1. The van der Waals surface area contributed by atoms with Crippen molar-refractivity contribution in [2.24, 2.45) is 0 Å². The monoisotopic (exact) mass is 203 g/mol. The van der Waals surface area contributed by atoms with Crippen molar-refractivity contribution >= 4 is 11.2 Å². The maximum Gasteiger partial charge on any atom is 0.180 e. The van der Waals surface area contributed by atoms with Crippen LogP contribution < -0.4 is 5.32 Å². The number of aromatic nitrogens is 4. The van der Waals surface area contributed by atoms with Crippen LogP contribution in [0.25, 0.3) is 11.2 Å². The summed E-state index contributed by atoms with van der Waals surface area (Å²) in [5.41, 5.74) is 2.86. The van der Waals surface area contributed by atoms with Crippen LogP contribution in [-0.2, 0) is 0 Å². The van der Waals surface area contributed by atoms with E-state index in [1.165, 1.54) is 12.8 Å². The minimum absolute atomic E-state index is 0.490. The third kappa shape index (κ3) is 1.48. The van der Waals surface area contributed by atoms with Crippen molar-refractivity contribution in [1.29, 1.82) is 0 Å². The Labute approximate surface area is 87.3 Å². The van der Waals surface area contributed by atoms with Crippen LogP contribution >= 0.6 is 0 Å².